The van der Waals surface area contributed by atoms with E-state index in [9.17, 15) is 5.11 Å². The van der Waals surface area contributed by atoms with E-state index in [1.54, 1.807) is 31.5 Å². The molecule has 0 aliphatic heterocycles. The second-order valence-electron chi connectivity index (χ2n) is 3.01. The quantitative estimate of drug-likeness (QED) is 0.566. The molecule has 0 saturated carbocycles. The number of benzene rings is 1. The number of rotatable bonds is 5. The lowest BCUT2D eigenvalue weighted by atomic mass is 10.2. The van der Waals surface area contributed by atoms with Gasteiger partial charge in [0.05, 0.1) is 12.7 Å². The van der Waals surface area contributed by atoms with Crippen molar-refractivity contribution in [3.8, 4) is 11.5 Å². The Balaban J connectivity index is 2.78. The molecule has 0 aliphatic rings. The van der Waals surface area contributed by atoms with Crippen LogP contribution in [0.25, 0.3) is 0 Å². The molecule has 0 aliphatic carbocycles. The average molecular weight is 209 g/mol. The number of aliphatic hydroxyl groups is 1. The summed E-state index contributed by atoms with van der Waals surface area (Å²) in [5.41, 5.74) is 0.568. The molecular weight excluding hydrogens is 194 g/mol. The van der Waals surface area contributed by atoms with Crippen LogP contribution in [0.1, 0.15) is 12.0 Å². The highest BCUT2D eigenvalue weighted by Crippen LogP contribution is 2.24. The molecule has 0 atom stereocenters. The number of ether oxygens (including phenoxy) is 1. The minimum atomic E-state index is 0.120. The van der Waals surface area contributed by atoms with Crippen LogP contribution in [-0.2, 0) is 0 Å². The Morgan fingerprint density at radius 1 is 1.47 bits per heavy atom. The van der Waals surface area contributed by atoms with Crippen LogP contribution < -0.4 is 4.74 Å². The maximum Gasteiger partial charge on any atom is 0.131 e. The first-order chi connectivity index (χ1) is 7.29. The Hall–Kier alpha value is -1.55. The summed E-state index contributed by atoms with van der Waals surface area (Å²) < 4.78 is 5.08. The first-order valence-electron chi connectivity index (χ1n) is 4.76. The molecule has 0 bridgehead atoms. The van der Waals surface area contributed by atoms with Gasteiger partial charge in [0.15, 0.2) is 0 Å². The van der Waals surface area contributed by atoms with Crippen molar-refractivity contribution in [2.45, 2.75) is 6.42 Å². The van der Waals surface area contributed by atoms with Gasteiger partial charge in [-0.25, -0.2) is 0 Å². The number of aliphatic imine (C=N–C) groups is 1. The second-order valence-corrected chi connectivity index (χ2v) is 3.01. The summed E-state index contributed by atoms with van der Waals surface area (Å²) in [6.07, 6.45) is 2.18. The van der Waals surface area contributed by atoms with Crippen molar-refractivity contribution >= 4 is 6.21 Å². The number of phenols is 1. The van der Waals surface area contributed by atoms with E-state index >= 15 is 0 Å². The zero-order valence-corrected chi connectivity index (χ0v) is 8.68. The Bertz CT molecular complexity index is 337. The van der Waals surface area contributed by atoms with Gasteiger partial charge in [-0.05, 0) is 18.6 Å². The fraction of sp³-hybridized carbons (Fsp3) is 0.364. The first kappa shape index (κ1) is 11.5. The summed E-state index contributed by atoms with van der Waals surface area (Å²) in [6.45, 7) is 0.656. The molecule has 0 heterocycles. The van der Waals surface area contributed by atoms with Crippen molar-refractivity contribution in [1.82, 2.24) is 0 Å². The van der Waals surface area contributed by atoms with Crippen LogP contribution >= 0.6 is 0 Å². The lowest BCUT2D eigenvalue weighted by Crippen LogP contribution is -1.93. The topological polar surface area (TPSA) is 62.0 Å². The predicted molar refractivity (Wildman–Crippen MR) is 58.8 cm³/mol. The number of hydrogen-bond donors (Lipinski definition) is 2. The normalized spacial score (nSPS) is 10.8. The molecule has 82 valence electrons. The number of methoxy groups -OCH3 is 1. The fourth-order valence-electron chi connectivity index (χ4n) is 1.16. The van der Waals surface area contributed by atoms with Crippen molar-refractivity contribution in [2.24, 2.45) is 4.99 Å². The predicted octanol–water partition coefficient (Wildman–Crippen LogP) is 1.20. The summed E-state index contributed by atoms with van der Waals surface area (Å²) in [6, 6.07) is 5.04. The Morgan fingerprint density at radius 3 is 2.93 bits per heavy atom. The molecule has 0 unspecified atom stereocenters. The van der Waals surface area contributed by atoms with Gasteiger partial charge >= 0.3 is 0 Å². The van der Waals surface area contributed by atoms with Crippen molar-refractivity contribution < 1.29 is 14.9 Å². The third-order valence-electron chi connectivity index (χ3n) is 1.93. The molecular formula is C11H15NO3. The Kier molecular flexibility index (Phi) is 4.63. The SMILES string of the molecule is COc1cccc(O)c1C=NCCCO. The first-order valence-corrected chi connectivity index (χ1v) is 4.76. The largest absolute Gasteiger partial charge is 0.507 e. The monoisotopic (exact) mass is 209 g/mol. The maximum atomic E-state index is 9.56. The molecule has 1 aromatic carbocycles. The van der Waals surface area contributed by atoms with E-state index in [4.69, 9.17) is 9.84 Å². The molecule has 0 fully saturated rings. The zero-order valence-electron chi connectivity index (χ0n) is 8.68. The lowest BCUT2D eigenvalue weighted by Gasteiger charge is -2.05. The number of phenolic OH excluding ortho intramolecular Hbond substituents is 1. The molecule has 0 radical (unpaired) electrons. The van der Waals surface area contributed by atoms with E-state index in [2.05, 4.69) is 4.99 Å². The van der Waals surface area contributed by atoms with Crippen LogP contribution in [0.5, 0.6) is 11.5 Å². The molecule has 1 rings (SSSR count). The van der Waals surface area contributed by atoms with Crippen molar-refractivity contribution in [2.75, 3.05) is 20.3 Å². The Morgan fingerprint density at radius 2 is 2.27 bits per heavy atom. The molecule has 4 heteroatoms. The van der Waals surface area contributed by atoms with E-state index < -0.39 is 0 Å². The van der Waals surface area contributed by atoms with E-state index in [1.807, 2.05) is 0 Å². The number of hydrogen-bond acceptors (Lipinski definition) is 4. The zero-order chi connectivity index (χ0) is 11.1. The fourth-order valence-corrected chi connectivity index (χ4v) is 1.16. The highest BCUT2D eigenvalue weighted by Gasteiger charge is 2.04. The van der Waals surface area contributed by atoms with Gasteiger partial charge < -0.3 is 14.9 Å². The van der Waals surface area contributed by atoms with Crippen molar-refractivity contribution in [1.29, 1.82) is 0 Å². The van der Waals surface area contributed by atoms with Gasteiger partial charge in [-0.2, -0.15) is 0 Å². The molecule has 4 nitrogen and oxygen atoms in total. The van der Waals surface area contributed by atoms with Gasteiger partial charge in [0.2, 0.25) is 0 Å². The second kappa shape index (κ2) is 6.03. The van der Waals surface area contributed by atoms with Gasteiger partial charge in [-0.15, -0.1) is 0 Å². The van der Waals surface area contributed by atoms with E-state index in [1.165, 1.54) is 0 Å². The van der Waals surface area contributed by atoms with Crippen LogP contribution in [0, 0.1) is 0 Å². The molecule has 0 aromatic heterocycles. The summed E-state index contributed by atoms with van der Waals surface area (Å²) in [7, 11) is 1.54. The minimum Gasteiger partial charge on any atom is -0.507 e. The van der Waals surface area contributed by atoms with Gasteiger partial charge in [0, 0.05) is 19.4 Å². The summed E-state index contributed by atoms with van der Waals surface area (Å²) >= 11 is 0. The maximum absolute atomic E-state index is 9.56. The molecule has 15 heavy (non-hydrogen) atoms. The third kappa shape index (κ3) is 3.25. The molecule has 0 spiro atoms. The van der Waals surface area contributed by atoms with E-state index in [-0.39, 0.29) is 12.4 Å². The molecule has 1 aromatic rings. The minimum absolute atomic E-state index is 0.120. The number of aromatic hydroxyl groups is 1. The molecule has 0 saturated heterocycles. The summed E-state index contributed by atoms with van der Waals surface area (Å²) in [4.78, 5) is 4.08. The van der Waals surface area contributed by atoms with Gasteiger partial charge in [0.1, 0.15) is 11.5 Å². The molecule has 2 N–H and O–H groups in total. The van der Waals surface area contributed by atoms with Crippen molar-refractivity contribution in [3.63, 3.8) is 0 Å². The highest BCUT2D eigenvalue weighted by atomic mass is 16.5. The number of nitrogens with zero attached hydrogens (tertiary/aromatic N) is 1. The number of aliphatic hydroxyl groups excluding tert-OH is 1. The van der Waals surface area contributed by atoms with Gasteiger partial charge in [-0.1, -0.05) is 6.07 Å². The summed E-state index contributed by atoms with van der Waals surface area (Å²) in [5.74, 6) is 0.727. The van der Waals surface area contributed by atoms with E-state index in [0.29, 0.717) is 24.3 Å². The third-order valence-corrected chi connectivity index (χ3v) is 1.93. The Labute approximate surface area is 88.9 Å². The van der Waals surface area contributed by atoms with Crippen LogP contribution in [0.3, 0.4) is 0 Å². The standard InChI is InChI=1S/C11H15NO3/c1-15-11-5-2-4-10(14)9(11)8-12-6-3-7-13/h2,4-5,8,13-14H,3,6-7H2,1H3. The van der Waals surface area contributed by atoms with Crippen LogP contribution in [0.15, 0.2) is 23.2 Å². The highest BCUT2D eigenvalue weighted by molar-refractivity contribution is 5.87. The van der Waals surface area contributed by atoms with Crippen LogP contribution in [0.4, 0.5) is 0 Å². The van der Waals surface area contributed by atoms with Gasteiger partial charge in [0.25, 0.3) is 0 Å². The van der Waals surface area contributed by atoms with Crippen LogP contribution in [-0.4, -0.2) is 36.7 Å². The van der Waals surface area contributed by atoms with Crippen LogP contribution in [0.2, 0.25) is 0 Å². The molecule has 0 amide bonds. The lowest BCUT2D eigenvalue weighted by molar-refractivity contribution is 0.291. The van der Waals surface area contributed by atoms with E-state index in [0.717, 1.165) is 0 Å². The van der Waals surface area contributed by atoms with Crippen molar-refractivity contribution in [3.05, 3.63) is 23.8 Å². The summed E-state index contributed by atoms with van der Waals surface area (Å²) in [5, 5.41) is 18.1. The smallest absolute Gasteiger partial charge is 0.131 e. The van der Waals surface area contributed by atoms with Gasteiger partial charge in [-0.3, -0.25) is 4.99 Å². The average Bonchev–Trinajstić information content (AvgIpc) is 2.26.